The zero-order valence-electron chi connectivity index (χ0n) is 19.7. The van der Waals surface area contributed by atoms with Crippen LogP contribution in [0.2, 0.25) is 0 Å². The monoisotopic (exact) mass is 468 g/mol. The minimum atomic E-state index is -1.41. The predicted octanol–water partition coefficient (Wildman–Crippen LogP) is 4.10. The lowest BCUT2D eigenvalue weighted by atomic mass is 9.62. The smallest absolute Gasteiger partial charge is 0.321 e. The molecular formula is C27H36N2O5. The van der Waals surface area contributed by atoms with Crippen molar-refractivity contribution >= 4 is 23.5 Å². The van der Waals surface area contributed by atoms with Crippen LogP contribution in [-0.2, 0) is 26.2 Å². The predicted molar refractivity (Wildman–Crippen MR) is 128 cm³/mol. The summed E-state index contributed by atoms with van der Waals surface area (Å²) in [6.45, 7) is 0. The van der Waals surface area contributed by atoms with Gasteiger partial charge in [-0.2, -0.15) is 0 Å². The van der Waals surface area contributed by atoms with E-state index in [1.54, 1.807) is 0 Å². The lowest BCUT2D eigenvalue weighted by Crippen LogP contribution is -2.54. The molecule has 1 saturated heterocycles. The number of hydrogen-bond acceptors (Lipinski definition) is 4. The van der Waals surface area contributed by atoms with Crippen molar-refractivity contribution < 1.29 is 24.6 Å². The van der Waals surface area contributed by atoms with Gasteiger partial charge in [0.1, 0.15) is 17.4 Å². The van der Waals surface area contributed by atoms with Crippen molar-refractivity contribution in [3.8, 4) is 0 Å². The summed E-state index contributed by atoms with van der Waals surface area (Å²) in [5.41, 5.74) is 1.00. The summed E-state index contributed by atoms with van der Waals surface area (Å²) in [5.74, 6) is -3.36. The van der Waals surface area contributed by atoms with E-state index in [1.165, 1.54) is 32.1 Å². The minimum absolute atomic E-state index is 0.0718. The van der Waals surface area contributed by atoms with Gasteiger partial charge in [-0.25, -0.2) is 0 Å². The molecule has 5 rings (SSSR count). The topological polar surface area (TPSA) is 116 Å². The first kappa shape index (κ1) is 23.3. The van der Waals surface area contributed by atoms with Gasteiger partial charge < -0.3 is 15.5 Å². The van der Waals surface area contributed by atoms with Gasteiger partial charge in [-0.3, -0.25) is 19.7 Å². The molecule has 0 bridgehead atoms. The Labute approximate surface area is 200 Å². The maximum absolute atomic E-state index is 13.7. The number of fused-ring (bicyclic) bond motifs is 2. The second-order valence-electron chi connectivity index (χ2n) is 10.9. The zero-order chi connectivity index (χ0) is 23.9. The highest BCUT2D eigenvalue weighted by molar-refractivity contribution is 6.11. The first-order valence-corrected chi connectivity index (χ1v) is 13.1. The van der Waals surface area contributed by atoms with Gasteiger partial charge in [-0.15, -0.1) is 0 Å². The van der Waals surface area contributed by atoms with E-state index in [1.807, 2.05) is 18.2 Å². The highest BCUT2D eigenvalue weighted by Gasteiger charge is 2.69. The number of hydrogen-bond donors (Lipinski definition) is 4. The third-order valence-electron chi connectivity index (χ3n) is 9.05. The summed E-state index contributed by atoms with van der Waals surface area (Å²) in [5, 5.41) is 26.3. The summed E-state index contributed by atoms with van der Waals surface area (Å²) in [7, 11) is 0. The van der Waals surface area contributed by atoms with E-state index in [0.717, 1.165) is 56.4 Å². The largest absolute Gasteiger partial charge is 0.481 e. The lowest BCUT2D eigenvalue weighted by Gasteiger charge is -2.38. The van der Waals surface area contributed by atoms with Crippen LogP contribution in [0.1, 0.15) is 81.8 Å². The van der Waals surface area contributed by atoms with E-state index >= 15 is 0 Å². The molecule has 2 heterocycles. The molecule has 7 nitrogen and oxygen atoms in total. The molecule has 4 N–H and O–H groups in total. The van der Waals surface area contributed by atoms with E-state index in [2.05, 4.69) is 10.6 Å². The number of carboxylic acids is 2. The Balaban J connectivity index is 1.55. The van der Waals surface area contributed by atoms with Gasteiger partial charge in [0.05, 0.1) is 0 Å². The Morgan fingerprint density at radius 1 is 0.941 bits per heavy atom. The molecule has 1 aromatic rings. The standard InChI is InChI=1S/C27H36N2O5/c30-24(31)21-22(25(32)33)29-23(18-9-5-2-6-10-18)27(21)19-15-17(13-14-20(19)28-26(27)34)12-11-16-7-3-1-4-8-16/h13-16,18,21-23,29H,1-12H2,(H,28,34)(H,30,31)(H,32,33)/t21-,22-,23+,27-/m0/s1. The van der Waals surface area contributed by atoms with Crippen molar-refractivity contribution in [2.24, 2.45) is 17.8 Å². The van der Waals surface area contributed by atoms with Crippen molar-refractivity contribution in [2.75, 3.05) is 5.32 Å². The average molecular weight is 469 g/mol. The van der Waals surface area contributed by atoms with Crippen LogP contribution in [0.3, 0.4) is 0 Å². The summed E-state index contributed by atoms with van der Waals surface area (Å²) in [6.07, 6.45) is 13.3. The second kappa shape index (κ2) is 9.33. The van der Waals surface area contributed by atoms with Gasteiger partial charge in [0.25, 0.3) is 0 Å². The highest BCUT2D eigenvalue weighted by Crippen LogP contribution is 2.54. The van der Waals surface area contributed by atoms with Gasteiger partial charge in [0, 0.05) is 11.7 Å². The molecule has 1 amide bonds. The molecule has 2 aliphatic carbocycles. The molecule has 3 fully saturated rings. The molecule has 4 aliphatic rings. The number of benzene rings is 1. The molecule has 7 heteroatoms. The van der Waals surface area contributed by atoms with Crippen LogP contribution in [0.15, 0.2) is 18.2 Å². The van der Waals surface area contributed by atoms with Gasteiger partial charge in [-0.1, -0.05) is 63.5 Å². The molecule has 0 unspecified atom stereocenters. The minimum Gasteiger partial charge on any atom is -0.481 e. The van der Waals surface area contributed by atoms with Crippen molar-refractivity contribution in [1.29, 1.82) is 0 Å². The Morgan fingerprint density at radius 3 is 2.26 bits per heavy atom. The summed E-state index contributed by atoms with van der Waals surface area (Å²) >= 11 is 0. The zero-order valence-corrected chi connectivity index (χ0v) is 19.7. The Kier molecular flexibility index (Phi) is 6.40. The van der Waals surface area contributed by atoms with E-state index < -0.39 is 35.4 Å². The second-order valence-corrected chi connectivity index (χ2v) is 10.9. The molecule has 34 heavy (non-hydrogen) atoms. The number of nitrogens with one attached hydrogen (secondary N) is 2. The SMILES string of the molecule is O=C(O)[C@H]1N[C@H](C2CCCCC2)[C@@]2(C(=O)Nc3ccc(CCC4CCCCC4)cc32)[C@@H]1C(=O)O. The number of carbonyl (C=O) groups excluding carboxylic acids is 1. The summed E-state index contributed by atoms with van der Waals surface area (Å²) in [6, 6.07) is 4.12. The number of carbonyl (C=O) groups is 3. The number of aryl methyl sites for hydroxylation is 1. The Morgan fingerprint density at radius 2 is 1.62 bits per heavy atom. The number of aliphatic carboxylic acids is 2. The van der Waals surface area contributed by atoms with Crippen molar-refractivity contribution in [3.05, 3.63) is 29.3 Å². The van der Waals surface area contributed by atoms with Gasteiger partial charge in [-0.05, 0) is 54.7 Å². The normalized spacial score (nSPS) is 32.0. The third-order valence-corrected chi connectivity index (χ3v) is 9.05. The quantitative estimate of drug-likeness (QED) is 0.500. The van der Waals surface area contributed by atoms with Gasteiger partial charge in [0.2, 0.25) is 5.91 Å². The van der Waals surface area contributed by atoms with Crippen LogP contribution in [-0.4, -0.2) is 40.1 Å². The fraction of sp³-hybridized carbons (Fsp3) is 0.667. The Bertz CT molecular complexity index is 966. The molecule has 0 radical (unpaired) electrons. The number of rotatable bonds is 6. The van der Waals surface area contributed by atoms with Crippen LogP contribution in [0, 0.1) is 17.8 Å². The molecule has 184 valence electrons. The van der Waals surface area contributed by atoms with E-state index in [9.17, 15) is 24.6 Å². The van der Waals surface area contributed by atoms with Crippen molar-refractivity contribution in [2.45, 2.75) is 94.5 Å². The fourth-order valence-corrected chi connectivity index (χ4v) is 7.41. The Hall–Kier alpha value is -2.41. The van der Waals surface area contributed by atoms with Crippen LogP contribution in [0.25, 0.3) is 0 Å². The number of amides is 1. The highest BCUT2D eigenvalue weighted by atomic mass is 16.4. The molecule has 2 aliphatic heterocycles. The first-order valence-electron chi connectivity index (χ1n) is 13.1. The lowest BCUT2D eigenvalue weighted by molar-refractivity contribution is -0.152. The van der Waals surface area contributed by atoms with Crippen LogP contribution in [0.4, 0.5) is 5.69 Å². The molecule has 1 aromatic carbocycles. The first-order chi connectivity index (χ1) is 16.4. The fourth-order valence-electron chi connectivity index (χ4n) is 7.41. The van der Waals surface area contributed by atoms with Crippen LogP contribution >= 0.6 is 0 Å². The number of carboxylic acid groups (broad SMARTS) is 2. The number of anilines is 1. The van der Waals surface area contributed by atoms with E-state index in [-0.39, 0.29) is 11.8 Å². The summed E-state index contributed by atoms with van der Waals surface area (Å²) < 4.78 is 0. The third kappa shape index (κ3) is 3.82. The maximum Gasteiger partial charge on any atom is 0.321 e. The molecule has 4 atom stereocenters. The van der Waals surface area contributed by atoms with E-state index in [0.29, 0.717) is 11.3 Å². The van der Waals surface area contributed by atoms with E-state index in [4.69, 9.17) is 0 Å². The van der Waals surface area contributed by atoms with Gasteiger partial charge in [0.15, 0.2) is 0 Å². The van der Waals surface area contributed by atoms with Crippen molar-refractivity contribution in [1.82, 2.24) is 5.32 Å². The molecular weight excluding hydrogens is 432 g/mol. The van der Waals surface area contributed by atoms with Crippen LogP contribution < -0.4 is 10.6 Å². The van der Waals surface area contributed by atoms with Gasteiger partial charge >= 0.3 is 11.9 Å². The average Bonchev–Trinajstić information content (AvgIpc) is 3.35. The molecule has 0 aromatic heterocycles. The van der Waals surface area contributed by atoms with Crippen molar-refractivity contribution in [3.63, 3.8) is 0 Å². The van der Waals surface area contributed by atoms with Crippen LogP contribution in [0.5, 0.6) is 0 Å². The summed E-state index contributed by atoms with van der Waals surface area (Å²) in [4.78, 5) is 38.5. The maximum atomic E-state index is 13.7. The molecule has 1 spiro atoms. The molecule has 2 saturated carbocycles.